The van der Waals surface area contributed by atoms with E-state index in [4.69, 9.17) is 9.47 Å². The minimum absolute atomic E-state index is 0.00694. The third-order valence-corrected chi connectivity index (χ3v) is 2.87. The van der Waals surface area contributed by atoms with Gasteiger partial charge in [0.1, 0.15) is 6.29 Å². The molecule has 4 heteroatoms. The average Bonchev–Trinajstić information content (AvgIpc) is 2.39. The Hall–Kier alpha value is -0.710. The maximum atomic E-state index is 10.4. The summed E-state index contributed by atoms with van der Waals surface area (Å²) in [5.74, 6) is -0.00694. The van der Waals surface area contributed by atoms with Crippen LogP contribution in [0.25, 0.3) is 0 Å². The number of aldehydes is 1. The van der Waals surface area contributed by atoms with Crippen molar-refractivity contribution in [1.29, 1.82) is 0 Å². The number of carbonyl (C=O) groups is 1. The zero-order valence-electron chi connectivity index (χ0n) is 12.1. The molecule has 108 valence electrons. The van der Waals surface area contributed by atoms with Gasteiger partial charge in [0.2, 0.25) is 0 Å². The van der Waals surface area contributed by atoms with E-state index >= 15 is 0 Å². The Bertz CT molecular complexity index is 349. The maximum absolute atomic E-state index is 10.4. The highest BCUT2D eigenvalue weighted by atomic mass is 79.9. The van der Waals surface area contributed by atoms with Crippen LogP contribution >= 0.6 is 15.9 Å². The second-order valence-electron chi connectivity index (χ2n) is 3.96. The lowest BCUT2D eigenvalue weighted by atomic mass is 10.0. The van der Waals surface area contributed by atoms with Gasteiger partial charge in [-0.15, -0.1) is 0 Å². The van der Waals surface area contributed by atoms with Crippen molar-refractivity contribution >= 4 is 22.2 Å². The normalized spacial score (nSPS) is 11.7. The summed E-state index contributed by atoms with van der Waals surface area (Å²) in [5.41, 5.74) is 1.05. The van der Waals surface area contributed by atoms with Crippen molar-refractivity contribution in [3.05, 3.63) is 34.3 Å². The van der Waals surface area contributed by atoms with Gasteiger partial charge in [-0.2, -0.15) is 0 Å². The fourth-order valence-corrected chi connectivity index (χ4v) is 1.80. The first-order valence-corrected chi connectivity index (χ1v) is 7.28. The lowest BCUT2D eigenvalue weighted by molar-refractivity contribution is -0.123. The van der Waals surface area contributed by atoms with Crippen LogP contribution < -0.4 is 0 Å². The summed E-state index contributed by atoms with van der Waals surface area (Å²) >= 11 is 3.34. The van der Waals surface area contributed by atoms with Gasteiger partial charge in [-0.3, -0.25) is 0 Å². The topological polar surface area (TPSA) is 35.5 Å². The molecule has 3 nitrogen and oxygen atoms in total. The first kappa shape index (κ1) is 18.3. The average molecular weight is 331 g/mol. The third-order valence-electron chi connectivity index (χ3n) is 2.38. The smallest absolute Gasteiger partial charge is 0.154 e. The van der Waals surface area contributed by atoms with Gasteiger partial charge >= 0.3 is 0 Å². The number of hydrogen-bond donors (Lipinski definition) is 0. The van der Waals surface area contributed by atoms with Crippen molar-refractivity contribution in [2.45, 2.75) is 39.9 Å². The SMILES string of the molecule is CC(C=O)c1cccc(Br)c1.CCOC(C)OCC. The highest BCUT2D eigenvalue weighted by Gasteiger charge is 2.02. The van der Waals surface area contributed by atoms with Crippen LogP contribution in [0, 0.1) is 0 Å². The fraction of sp³-hybridized carbons (Fsp3) is 0.533. The Morgan fingerprint density at radius 2 is 1.79 bits per heavy atom. The molecule has 0 aromatic heterocycles. The molecule has 0 N–H and O–H groups in total. The van der Waals surface area contributed by atoms with Crippen LogP contribution in [0.15, 0.2) is 28.7 Å². The lowest BCUT2D eigenvalue weighted by Gasteiger charge is -2.09. The van der Waals surface area contributed by atoms with Crippen LogP contribution in [-0.4, -0.2) is 25.8 Å². The van der Waals surface area contributed by atoms with E-state index in [2.05, 4.69) is 15.9 Å². The predicted octanol–water partition coefficient (Wildman–Crippen LogP) is 4.16. The molecule has 0 saturated heterocycles. The van der Waals surface area contributed by atoms with Crippen molar-refractivity contribution in [3.63, 3.8) is 0 Å². The molecule has 1 atom stereocenters. The van der Waals surface area contributed by atoms with Crippen LogP contribution in [0.3, 0.4) is 0 Å². The number of hydrogen-bond acceptors (Lipinski definition) is 3. The first-order valence-electron chi connectivity index (χ1n) is 6.49. The molecular formula is C15H23BrO3. The molecule has 0 fully saturated rings. The van der Waals surface area contributed by atoms with Crippen LogP contribution in [0.2, 0.25) is 0 Å². The van der Waals surface area contributed by atoms with Gasteiger partial charge in [0.05, 0.1) is 0 Å². The molecule has 1 aromatic carbocycles. The maximum Gasteiger partial charge on any atom is 0.154 e. The van der Waals surface area contributed by atoms with E-state index < -0.39 is 0 Å². The van der Waals surface area contributed by atoms with Crippen LogP contribution in [0.4, 0.5) is 0 Å². The monoisotopic (exact) mass is 330 g/mol. The summed E-state index contributed by atoms with van der Waals surface area (Å²) in [4.78, 5) is 10.4. The summed E-state index contributed by atoms with van der Waals surface area (Å²) < 4.78 is 11.1. The second-order valence-corrected chi connectivity index (χ2v) is 4.87. The van der Waals surface area contributed by atoms with Gasteiger partial charge in [0.15, 0.2) is 6.29 Å². The first-order chi connectivity index (χ1) is 9.04. The minimum atomic E-state index is -0.0370. The van der Waals surface area contributed by atoms with E-state index in [-0.39, 0.29) is 12.2 Å². The summed E-state index contributed by atoms with van der Waals surface area (Å²) in [6.07, 6.45) is 0.909. The number of carbonyl (C=O) groups excluding carboxylic acids is 1. The number of benzene rings is 1. The Labute approximate surface area is 124 Å². The number of ether oxygens (including phenoxy) is 2. The Morgan fingerprint density at radius 3 is 2.21 bits per heavy atom. The second kappa shape index (κ2) is 11.1. The molecule has 1 unspecified atom stereocenters. The van der Waals surface area contributed by atoms with Crippen molar-refractivity contribution < 1.29 is 14.3 Å². The molecule has 1 aromatic rings. The largest absolute Gasteiger partial charge is 0.353 e. The van der Waals surface area contributed by atoms with E-state index in [1.165, 1.54) is 0 Å². The van der Waals surface area contributed by atoms with E-state index in [1.807, 2.05) is 52.0 Å². The highest BCUT2D eigenvalue weighted by Crippen LogP contribution is 2.17. The molecule has 0 aliphatic carbocycles. The number of halogens is 1. The van der Waals surface area contributed by atoms with Crippen molar-refractivity contribution in [3.8, 4) is 0 Å². The van der Waals surface area contributed by atoms with E-state index in [1.54, 1.807) is 0 Å². The van der Waals surface area contributed by atoms with Gasteiger partial charge < -0.3 is 14.3 Å². The Morgan fingerprint density at radius 1 is 1.21 bits per heavy atom. The van der Waals surface area contributed by atoms with Crippen LogP contribution in [-0.2, 0) is 14.3 Å². The lowest BCUT2D eigenvalue weighted by Crippen LogP contribution is -2.11. The minimum Gasteiger partial charge on any atom is -0.353 e. The molecule has 0 amide bonds. The third kappa shape index (κ3) is 8.92. The summed E-state index contributed by atoms with van der Waals surface area (Å²) in [5, 5.41) is 0. The van der Waals surface area contributed by atoms with E-state index in [0.29, 0.717) is 0 Å². The molecule has 0 heterocycles. The van der Waals surface area contributed by atoms with E-state index in [0.717, 1.165) is 29.5 Å². The highest BCUT2D eigenvalue weighted by molar-refractivity contribution is 9.10. The van der Waals surface area contributed by atoms with Crippen molar-refractivity contribution in [2.75, 3.05) is 13.2 Å². The quantitative estimate of drug-likeness (QED) is 0.580. The van der Waals surface area contributed by atoms with Crippen molar-refractivity contribution in [1.82, 2.24) is 0 Å². The molecule has 19 heavy (non-hydrogen) atoms. The molecular weight excluding hydrogens is 308 g/mol. The fourth-order valence-electron chi connectivity index (χ4n) is 1.39. The molecule has 0 spiro atoms. The standard InChI is InChI=1S/C9H9BrO.C6H14O2/c1-7(6-11)8-3-2-4-9(10)5-8;1-4-7-6(3)8-5-2/h2-7H,1H3;6H,4-5H2,1-3H3. The molecule has 0 saturated carbocycles. The molecule has 0 aliphatic heterocycles. The summed E-state index contributed by atoms with van der Waals surface area (Å²) in [6, 6.07) is 7.78. The molecule has 0 aliphatic rings. The molecule has 0 radical (unpaired) electrons. The summed E-state index contributed by atoms with van der Waals surface area (Å²) in [7, 11) is 0. The summed E-state index contributed by atoms with van der Waals surface area (Å²) in [6.45, 7) is 9.13. The zero-order valence-corrected chi connectivity index (χ0v) is 13.6. The van der Waals surface area contributed by atoms with Crippen LogP contribution in [0.1, 0.15) is 39.2 Å². The molecule has 1 rings (SSSR count). The van der Waals surface area contributed by atoms with Crippen LogP contribution in [0.5, 0.6) is 0 Å². The van der Waals surface area contributed by atoms with Gasteiger partial charge in [-0.1, -0.05) is 35.0 Å². The Kier molecular flexibility index (Phi) is 10.7. The van der Waals surface area contributed by atoms with Crippen molar-refractivity contribution in [2.24, 2.45) is 0 Å². The van der Waals surface area contributed by atoms with Gasteiger partial charge in [0, 0.05) is 23.6 Å². The van der Waals surface area contributed by atoms with Gasteiger partial charge in [0.25, 0.3) is 0 Å². The Balaban J connectivity index is 0.000000362. The van der Waals surface area contributed by atoms with Gasteiger partial charge in [-0.25, -0.2) is 0 Å². The van der Waals surface area contributed by atoms with E-state index in [9.17, 15) is 4.79 Å². The zero-order chi connectivity index (χ0) is 14.7. The van der Waals surface area contributed by atoms with Gasteiger partial charge in [-0.05, 0) is 38.5 Å². The number of rotatable bonds is 6. The predicted molar refractivity (Wildman–Crippen MR) is 81.3 cm³/mol. The molecule has 0 bridgehead atoms.